The molecule has 0 spiro atoms. The zero-order chi connectivity index (χ0) is 6.57. The second-order valence-corrected chi connectivity index (χ2v) is 3.28. The molecule has 0 aromatic heterocycles. The van der Waals surface area contributed by atoms with Crippen LogP contribution in [0.5, 0.6) is 0 Å². The maximum absolute atomic E-state index is 4.75. The minimum absolute atomic E-state index is 0.790. The Balaban J connectivity index is 3.05. The average Bonchev–Trinajstić information content (AvgIpc) is 1.61. The Morgan fingerprint density at radius 1 is 1.62 bits per heavy atom. The van der Waals surface area contributed by atoms with Gasteiger partial charge in [0.2, 0.25) is 0 Å². The molecule has 0 aliphatic heterocycles. The van der Waals surface area contributed by atoms with Crippen LogP contribution in [0.1, 0.15) is 6.42 Å². The summed E-state index contributed by atoms with van der Waals surface area (Å²) < 4.78 is 0.790. The van der Waals surface area contributed by atoms with Crippen molar-refractivity contribution in [2.75, 3.05) is 20.6 Å². The SMILES string of the molecule is CN(C)CCC(=S)S. The van der Waals surface area contributed by atoms with Gasteiger partial charge in [-0.1, -0.05) is 12.2 Å². The lowest BCUT2D eigenvalue weighted by molar-refractivity contribution is 0.423. The third kappa shape index (κ3) is 6.40. The van der Waals surface area contributed by atoms with Gasteiger partial charge in [0.15, 0.2) is 0 Å². The summed E-state index contributed by atoms with van der Waals surface area (Å²) in [7, 11) is 4.04. The van der Waals surface area contributed by atoms with E-state index in [1.807, 2.05) is 14.1 Å². The van der Waals surface area contributed by atoms with Crippen molar-refractivity contribution in [2.45, 2.75) is 6.42 Å². The molecule has 0 saturated carbocycles. The van der Waals surface area contributed by atoms with Gasteiger partial charge in [-0.05, 0) is 14.1 Å². The molecule has 48 valence electrons. The van der Waals surface area contributed by atoms with Gasteiger partial charge in [-0.2, -0.15) is 0 Å². The van der Waals surface area contributed by atoms with Gasteiger partial charge in [0.1, 0.15) is 0 Å². The van der Waals surface area contributed by atoms with Gasteiger partial charge in [0, 0.05) is 17.2 Å². The second-order valence-electron chi connectivity index (χ2n) is 1.95. The first-order chi connectivity index (χ1) is 3.63. The van der Waals surface area contributed by atoms with Gasteiger partial charge in [0.05, 0.1) is 0 Å². The molecule has 0 aromatic carbocycles. The van der Waals surface area contributed by atoms with E-state index in [0.29, 0.717) is 0 Å². The molecule has 0 radical (unpaired) electrons. The van der Waals surface area contributed by atoms with E-state index in [-0.39, 0.29) is 0 Å². The summed E-state index contributed by atoms with van der Waals surface area (Å²) in [6.07, 6.45) is 0.908. The first-order valence-corrected chi connectivity index (χ1v) is 3.35. The predicted molar refractivity (Wildman–Crippen MR) is 44.8 cm³/mol. The van der Waals surface area contributed by atoms with E-state index in [1.54, 1.807) is 0 Å². The van der Waals surface area contributed by atoms with Gasteiger partial charge in [0.25, 0.3) is 0 Å². The molecule has 0 heterocycles. The van der Waals surface area contributed by atoms with Crippen LogP contribution in [0.2, 0.25) is 0 Å². The van der Waals surface area contributed by atoms with Gasteiger partial charge in [-0.3, -0.25) is 0 Å². The maximum atomic E-state index is 4.75. The Morgan fingerprint density at radius 2 is 2.12 bits per heavy atom. The molecule has 0 rings (SSSR count). The van der Waals surface area contributed by atoms with Crippen molar-refractivity contribution >= 4 is 29.0 Å². The van der Waals surface area contributed by atoms with Crippen LogP contribution in [0.25, 0.3) is 0 Å². The van der Waals surface area contributed by atoms with Crippen LogP contribution in [-0.2, 0) is 0 Å². The van der Waals surface area contributed by atoms with Crippen LogP contribution in [-0.4, -0.2) is 29.7 Å². The van der Waals surface area contributed by atoms with Crippen LogP contribution in [0.15, 0.2) is 0 Å². The fourth-order valence-electron chi connectivity index (χ4n) is 0.319. The van der Waals surface area contributed by atoms with Crippen molar-refractivity contribution in [3.8, 4) is 0 Å². The Hall–Kier alpha value is 0.400. The lowest BCUT2D eigenvalue weighted by atomic mass is 10.5. The molecule has 0 saturated heterocycles. The van der Waals surface area contributed by atoms with Crippen LogP contribution in [0, 0.1) is 0 Å². The fourth-order valence-corrected chi connectivity index (χ4v) is 0.511. The molecule has 0 aliphatic carbocycles. The fraction of sp³-hybridized carbons (Fsp3) is 0.800. The summed E-state index contributed by atoms with van der Waals surface area (Å²) in [6, 6.07) is 0. The minimum Gasteiger partial charge on any atom is -0.309 e. The third-order valence-corrected chi connectivity index (χ3v) is 1.20. The molecule has 0 amide bonds. The van der Waals surface area contributed by atoms with Crippen molar-refractivity contribution in [3.63, 3.8) is 0 Å². The number of rotatable bonds is 3. The largest absolute Gasteiger partial charge is 0.309 e. The normalized spacial score (nSPS) is 10.0. The van der Waals surface area contributed by atoms with E-state index in [0.717, 1.165) is 17.2 Å². The highest BCUT2D eigenvalue weighted by molar-refractivity contribution is 8.11. The minimum atomic E-state index is 0.790. The Bertz CT molecular complexity index is 80.5. The average molecular weight is 149 g/mol. The van der Waals surface area contributed by atoms with Crippen molar-refractivity contribution in [1.82, 2.24) is 4.90 Å². The smallest absolute Gasteiger partial charge is 0.0460 e. The summed E-state index contributed by atoms with van der Waals surface area (Å²) in [4.78, 5) is 2.09. The first kappa shape index (κ1) is 8.40. The summed E-state index contributed by atoms with van der Waals surface area (Å²) in [6.45, 7) is 1.00. The highest BCUT2D eigenvalue weighted by Gasteiger charge is 1.90. The van der Waals surface area contributed by atoms with Crippen LogP contribution in [0.3, 0.4) is 0 Å². The summed E-state index contributed by atoms with van der Waals surface area (Å²) in [5, 5.41) is 0. The number of nitrogens with zero attached hydrogens (tertiary/aromatic N) is 1. The number of hydrogen-bond donors (Lipinski definition) is 1. The summed E-state index contributed by atoms with van der Waals surface area (Å²) in [5.74, 6) is 0. The number of hydrogen-bond acceptors (Lipinski definition) is 2. The molecule has 0 unspecified atom stereocenters. The number of thiocarbonyl (C=S) groups is 1. The predicted octanol–water partition coefficient (Wildman–Crippen LogP) is 1.20. The molecule has 1 nitrogen and oxygen atoms in total. The van der Waals surface area contributed by atoms with Crippen LogP contribution in [0.4, 0.5) is 0 Å². The summed E-state index contributed by atoms with van der Waals surface area (Å²) in [5.41, 5.74) is 0. The van der Waals surface area contributed by atoms with E-state index >= 15 is 0 Å². The Kier molecular flexibility index (Phi) is 4.51. The van der Waals surface area contributed by atoms with Gasteiger partial charge in [-0.15, -0.1) is 12.6 Å². The molecule has 8 heavy (non-hydrogen) atoms. The van der Waals surface area contributed by atoms with Crippen LogP contribution < -0.4 is 0 Å². The third-order valence-electron chi connectivity index (χ3n) is 0.773. The standard InChI is InChI=1S/C5H11NS2/c1-6(2)4-3-5(7)8/h3-4H2,1-2H3,(H,7,8). The zero-order valence-corrected chi connectivity index (χ0v) is 6.93. The second kappa shape index (κ2) is 4.30. The molecule has 0 aliphatic rings. The van der Waals surface area contributed by atoms with E-state index < -0.39 is 0 Å². The van der Waals surface area contributed by atoms with Crippen molar-refractivity contribution in [1.29, 1.82) is 0 Å². The molecule has 0 aromatic rings. The monoisotopic (exact) mass is 149 g/mol. The molecular weight excluding hydrogens is 138 g/mol. The molecule has 0 bridgehead atoms. The lowest BCUT2D eigenvalue weighted by Crippen LogP contribution is -2.14. The van der Waals surface area contributed by atoms with Gasteiger partial charge in [-0.25, -0.2) is 0 Å². The molecular formula is C5H11NS2. The zero-order valence-electron chi connectivity index (χ0n) is 5.22. The van der Waals surface area contributed by atoms with E-state index in [2.05, 4.69) is 17.5 Å². The highest BCUT2D eigenvalue weighted by atomic mass is 32.1. The quantitative estimate of drug-likeness (QED) is 0.474. The Labute approximate surface area is 61.5 Å². The lowest BCUT2D eigenvalue weighted by Gasteiger charge is -2.06. The molecule has 0 N–H and O–H groups in total. The van der Waals surface area contributed by atoms with Crippen LogP contribution >= 0.6 is 24.8 Å². The van der Waals surface area contributed by atoms with Crippen molar-refractivity contribution in [2.24, 2.45) is 0 Å². The number of thiol groups is 1. The first-order valence-electron chi connectivity index (χ1n) is 2.49. The van der Waals surface area contributed by atoms with Crippen molar-refractivity contribution in [3.05, 3.63) is 0 Å². The van der Waals surface area contributed by atoms with Gasteiger partial charge >= 0.3 is 0 Å². The molecule has 3 heteroatoms. The highest BCUT2D eigenvalue weighted by Crippen LogP contribution is 1.91. The van der Waals surface area contributed by atoms with Gasteiger partial charge < -0.3 is 4.90 Å². The van der Waals surface area contributed by atoms with E-state index in [4.69, 9.17) is 12.2 Å². The topological polar surface area (TPSA) is 3.24 Å². The summed E-state index contributed by atoms with van der Waals surface area (Å²) >= 11 is 8.73. The molecule has 0 atom stereocenters. The van der Waals surface area contributed by atoms with E-state index in [9.17, 15) is 0 Å². The van der Waals surface area contributed by atoms with E-state index in [1.165, 1.54) is 0 Å². The molecule has 0 fully saturated rings. The maximum Gasteiger partial charge on any atom is 0.0460 e. The Morgan fingerprint density at radius 3 is 2.25 bits per heavy atom. The van der Waals surface area contributed by atoms with Crippen molar-refractivity contribution < 1.29 is 0 Å².